The van der Waals surface area contributed by atoms with Gasteiger partial charge in [-0.15, -0.1) is 11.6 Å². The fourth-order valence-electron chi connectivity index (χ4n) is 1.17. The van der Waals surface area contributed by atoms with E-state index in [4.69, 9.17) is 16.3 Å². The highest BCUT2D eigenvalue weighted by atomic mass is 79.9. The number of carbonyl (C=O) groups excluding carboxylic acids is 1. The average molecular weight is 329 g/mol. The van der Waals surface area contributed by atoms with Crippen LogP contribution in [0.4, 0.5) is 8.78 Å². The van der Waals surface area contributed by atoms with Crippen molar-refractivity contribution >= 4 is 33.5 Å². The van der Waals surface area contributed by atoms with Crippen LogP contribution in [0.2, 0.25) is 0 Å². The number of nitrogens with zero attached hydrogens (tertiary/aromatic N) is 1. The van der Waals surface area contributed by atoms with E-state index in [9.17, 15) is 13.6 Å². The van der Waals surface area contributed by atoms with Gasteiger partial charge in [0.15, 0.2) is 5.69 Å². The molecule has 17 heavy (non-hydrogen) atoms. The van der Waals surface area contributed by atoms with Gasteiger partial charge < -0.3 is 4.74 Å². The summed E-state index contributed by atoms with van der Waals surface area (Å²) in [4.78, 5) is 15.4. The Bertz CT molecular complexity index is 429. The molecule has 0 spiro atoms. The fraction of sp³-hybridized carbons (Fsp3) is 0.400. The van der Waals surface area contributed by atoms with Crippen LogP contribution in [-0.2, 0) is 10.6 Å². The molecule has 0 aromatic carbocycles. The minimum atomic E-state index is -2.72. The molecule has 94 valence electrons. The van der Waals surface area contributed by atoms with Crippen molar-refractivity contribution in [2.45, 2.75) is 19.2 Å². The Morgan fingerprint density at radius 3 is 2.76 bits per heavy atom. The Morgan fingerprint density at radius 1 is 1.65 bits per heavy atom. The van der Waals surface area contributed by atoms with Crippen molar-refractivity contribution < 1.29 is 18.3 Å². The van der Waals surface area contributed by atoms with Crippen molar-refractivity contribution in [3.8, 4) is 0 Å². The first-order valence-electron chi connectivity index (χ1n) is 4.71. The van der Waals surface area contributed by atoms with Gasteiger partial charge in [0.2, 0.25) is 0 Å². The molecule has 0 aliphatic rings. The Morgan fingerprint density at radius 2 is 2.29 bits per heavy atom. The van der Waals surface area contributed by atoms with Crippen LogP contribution in [0.5, 0.6) is 0 Å². The summed E-state index contributed by atoms with van der Waals surface area (Å²) in [5.74, 6) is -0.812. The van der Waals surface area contributed by atoms with E-state index < -0.39 is 12.4 Å². The van der Waals surface area contributed by atoms with Crippen molar-refractivity contribution in [2.24, 2.45) is 0 Å². The second-order valence-electron chi connectivity index (χ2n) is 3.02. The number of halogens is 4. The molecular weight excluding hydrogens is 319 g/mol. The van der Waals surface area contributed by atoms with Crippen LogP contribution in [0.1, 0.15) is 35.1 Å². The second-order valence-corrected chi connectivity index (χ2v) is 4.08. The van der Waals surface area contributed by atoms with Crippen LogP contribution in [0.15, 0.2) is 10.5 Å². The first-order valence-corrected chi connectivity index (χ1v) is 6.04. The fourth-order valence-corrected chi connectivity index (χ4v) is 1.84. The Hall–Kier alpha value is -0.750. The van der Waals surface area contributed by atoms with Gasteiger partial charge in [-0.05, 0) is 28.9 Å². The Balaban J connectivity index is 3.28. The summed E-state index contributed by atoms with van der Waals surface area (Å²) in [6.45, 7) is 1.76. The van der Waals surface area contributed by atoms with Crippen LogP contribution in [-0.4, -0.2) is 17.6 Å². The number of aromatic nitrogens is 1. The Kier molecular flexibility index (Phi) is 5.27. The summed E-state index contributed by atoms with van der Waals surface area (Å²) >= 11 is 8.46. The van der Waals surface area contributed by atoms with Gasteiger partial charge in [0.05, 0.1) is 22.7 Å². The van der Waals surface area contributed by atoms with Gasteiger partial charge >= 0.3 is 5.97 Å². The van der Waals surface area contributed by atoms with Gasteiger partial charge in [-0.25, -0.2) is 18.6 Å². The number of esters is 1. The molecule has 3 nitrogen and oxygen atoms in total. The molecule has 1 heterocycles. The van der Waals surface area contributed by atoms with Crippen LogP contribution in [0.3, 0.4) is 0 Å². The molecule has 7 heteroatoms. The average Bonchev–Trinajstić information content (AvgIpc) is 2.29. The van der Waals surface area contributed by atoms with E-state index in [0.29, 0.717) is 0 Å². The highest BCUT2D eigenvalue weighted by Crippen LogP contribution is 2.30. The maximum Gasteiger partial charge on any atom is 0.358 e. The minimum absolute atomic E-state index is 0.0557. The SMILES string of the molecule is CCOC(=O)c1nc(CCl)cc(C(F)F)c1Br. The molecule has 1 rings (SSSR count). The highest BCUT2D eigenvalue weighted by Gasteiger charge is 2.22. The summed E-state index contributed by atoms with van der Waals surface area (Å²) in [6.07, 6.45) is -2.72. The normalized spacial score (nSPS) is 10.7. The molecule has 0 unspecified atom stereocenters. The van der Waals surface area contributed by atoms with Crippen molar-refractivity contribution in [2.75, 3.05) is 6.61 Å². The zero-order valence-corrected chi connectivity index (χ0v) is 11.2. The van der Waals surface area contributed by atoms with Crippen LogP contribution >= 0.6 is 27.5 Å². The van der Waals surface area contributed by atoms with E-state index in [0.717, 1.165) is 6.07 Å². The molecule has 0 bridgehead atoms. The monoisotopic (exact) mass is 327 g/mol. The predicted octanol–water partition coefficient (Wildman–Crippen LogP) is 3.70. The zero-order chi connectivity index (χ0) is 13.0. The van der Waals surface area contributed by atoms with Crippen molar-refractivity contribution in [1.29, 1.82) is 0 Å². The first kappa shape index (κ1) is 14.3. The number of hydrogen-bond acceptors (Lipinski definition) is 3. The van der Waals surface area contributed by atoms with Crippen molar-refractivity contribution in [1.82, 2.24) is 4.98 Å². The van der Waals surface area contributed by atoms with Gasteiger partial charge in [0.1, 0.15) is 0 Å². The lowest BCUT2D eigenvalue weighted by Crippen LogP contribution is -2.11. The molecule has 0 N–H and O–H groups in total. The number of ether oxygens (including phenoxy) is 1. The van der Waals surface area contributed by atoms with E-state index >= 15 is 0 Å². The second kappa shape index (κ2) is 6.26. The summed E-state index contributed by atoms with van der Waals surface area (Å²) in [6, 6.07) is 1.16. The van der Waals surface area contributed by atoms with Crippen LogP contribution in [0.25, 0.3) is 0 Å². The molecule has 0 saturated carbocycles. The molecule has 1 aromatic rings. The van der Waals surface area contributed by atoms with E-state index in [1.165, 1.54) is 0 Å². The van der Waals surface area contributed by atoms with E-state index in [2.05, 4.69) is 20.9 Å². The zero-order valence-electron chi connectivity index (χ0n) is 8.84. The lowest BCUT2D eigenvalue weighted by atomic mass is 10.2. The van der Waals surface area contributed by atoms with Crippen molar-refractivity contribution in [3.05, 3.63) is 27.5 Å². The lowest BCUT2D eigenvalue weighted by Gasteiger charge is -2.10. The summed E-state index contributed by atoms with van der Waals surface area (Å²) in [5.41, 5.74) is -0.299. The third-order valence-corrected chi connectivity index (χ3v) is 2.99. The summed E-state index contributed by atoms with van der Waals surface area (Å²) < 4.78 is 30.1. The maximum absolute atomic E-state index is 12.7. The van der Waals surface area contributed by atoms with E-state index in [-0.39, 0.29) is 33.9 Å². The van der Waals surface area contributed by atoms with Gasteiger partial charge in [-0.3, -0.25) is 0 Å². The van der Waals surface area contributed by atoms with Crippen LogP contribution < -0.4 is 0 Å². The predicted molar refractivity (Wildman–Crippen MR) is 62.4 cm³/mol. The first-order chi connectivity index (χ1) is 8.01. The van der Waals surface area contributed by atoms with Gasteiger partial charge in [-0.2, -0.15) is 0 Å². The standard InChI is InChI=1S/C10H9BrClF2NO2/c1-2-17-10(16)8-7(11)6(9(13)14)3-5(4-12)15-8/h3,9H,2,4H2,1H3. The number of hydrogen-bond donors (Lipinski definition) is 0. The smallest absolute Gasteiger partial charge is 0.358 e. The van der Waals surface area contributed by atoms with Gasteiger partial charge in [0.25, 0.3) is 6.43 Å². The molecule has 0 saturated heterocycles. The highest BCUT2D eigenvalue weighted by molar-refractivity contribution is 9.10. The van der Waals surface area contributed by atoms with Crippen molar-refractivity contribution in [3.63, 3.8) is 0 Å². The largest absolute Gasteiger partial charge is 0.461 e. The molecule has 0 aliphatic heterocycles. The van der Waals surface area contributed by atoms with E-state index in [1.807, 2.05) is 0 Å². The lowest BCUT2D eigenvalue weighted by molar-refractivity contribution is 0.0517. The number of pyridine rings is 1. The topological polar surface area (TPSA) is 39.2 Å². The Labute approximate surface area is 110 Å². The number of carbonyl (C=O) groups is 1. The molecule has 1 aromatic heterocycles. The third-order valence-electron chi connectivity index (χ3n) is 1.88. The minimum Gasteiger partial charge on any atom is -0.461 e. The molecule has 0 aliphatic carbocycles. The summed E-state index contributed by atoms with van der Waals surface area (Å²) in [5, 5.41) is 0. The van der Waals surface area contributed by atoms with Crippen LogP contribution in [0, 0.1) is 0 Å². The molecule has 0 fully saturated rings. The summed E-state index contributed by atoms with van der Waals surface area (Å²) in [7, 11) is 0. The molecule has 0 amide bonds. The van der Waals surface area contributed by atoms with Gasteiger partial charge in [0, 0.05) is 5.56 Å². The quantitative estimate of drug-likeness (QED) is 0.625. The number of rotatable bonds is 4. The molecule has 0 radical (unpaired) electrons. The van der Waals surface area contributed by atoms with E-state index in [1.54, 1.807) is 6.92 Å². The van der Waals surface area contributed by atoms with Gasteiger partial charge in [-0.1, -0.05) is 0 Å². The number of alkyl halides is 3. The molecule has 0 atom stereocenters. The molecular formula is C10H9BrClF2NO2. The third kappa shape index (κ3) is 3.35. The maximum atomic E-state index is 12.7.